The van der Waals surface area contributed by atoms with Gasteiger partial charge in [0.1, 0.15) is 0 Å². The van der Waals surface area contributed by atoms with Crippen LogP contribution in [-0.2, 0) is 4.74 Å². The van der Waals surface area contributed by atoms with Gasteiger partial charge in [-0.05, 0) is 6.42 Å². The summed E-state index contributed by atoms with van der Waals surface area (Å²) in [4.78, 5) is 0. The molecule has 0 aromatic heterocycles. The van der Waals surface area contributed by atoms with Crippen molar-refractivity contribution >= 4 is 0 Å². The predicted octanol–water partition coefficient (Wildman–Crippen LogP) is 13.7. The van der Waals surface area contributed by atoms with Crippen LogP contribution in [0.2, 0.25) is 0 Å². The molecule has 1 atom stereocenters. The summed E-state index contributed by atoms with van der Waals surface area (Å²) in [7, 11) is 0. The molecule has 0 amide bonds. The molecular weight excluding hydrogens is 460 g/mol. The standard InChI is InChI=1S/C37H74O/c1-2-3-4-5-6-7-8-9-10-11-12-13-14-15-16-17-18-19-20-21-22-23-24-25-26-27-28-29-30-31-32-33-34-35-37-36-38-37/h37H,2-36H2,1H3. The molecule has 1 heteroatoms. The van der Waals surface area contributed by atoms with E-state index in [1.807, 2.05) is 0 Å². The van der Waals surface area contributed by atoms with E-state index in [0.717, 1.165) is 6.61 Å². The zero-order chi connectivity index (χ0) is 27.0. The van der Waals surface area contributed by atoms with E-state index in [9.17, 15) is 0 Å². The number of hydrogen-bond donors (Lipinski definition) is 0. The molecule has 0 bridgehead atoms. The second-order valence-corrected chi connectivity index (χ2v) is 13.1. The van der Waals surface area contributed by atoms with Crippen molar-refractivity contribution in [1.29, 1.82) is 0 Å². The quantitative estimate of drug-likeness (QED) is 0.0590. The van der Waals surface area contributed by atoms with Gasteiger partial charge in [0.15, 0.2) is 0 Å². The smallest absolute Gasteiger partial charge is 0.0810 e. The normalized spacial score (nSPS) is 14.9. The van der Waals surface area contributed by atoms with Crippen LogP contribution < -0.4 is 0 Å². The minimum absolute atomic E-state index is 0.647. The zero-order valence-corrected chi connectivity index (χ0v) is 26.7. The SMILES string of the molecule is CCCCCCCCCCCCCCCCCCCCCCCCCCCCCCCCCCCC1CO1. The molecule has 1 fully saturated rings. The van der Waals surface area contributed by atoms with Gasteiger partial charge in [-0.25, -0.2) is 0 Å². The van der Waals surface area contributed by atoms with Crippen molar-refractivity contribution in [2.45, 2.75) is 231 Å². The highest BCUT2D eigenvalue weighted by atomic mass is 16.6. The molecule has 0 aliphatic carbocycles. The Kier molecular flexibility index (Phi) is 29.8. The van der Waals surface area contributed by atoms with Crippen LogP contribution in [0.25, 0.3) is 0 Å². The van der Waals surface area contributed by atoms with Crippen LogP contribution in [0.5, 0.6) is 0 Å². The third kappa shape index (κ3) is 30.5. The largest absolute Gasteiger partial charge is 0.373 e. The Hall–Kier alpha value is -0.0400. The van der Waals surface area contributed by atoms with E-state index in [1.165, 1.54) is 218 Å². The highest BCUT2D eigenvalue weighted by Crippen LogP contribution is 2.19. The third-order valence-corrected chi connectivity index (χ3v) is 9.03. The Labute approximate surface area is 242 Å². The summed E-state index contributed by atoms with van der Waals surface area (Å²) in [6, 6.07) is 0. The van der Waals surface area contributed by atoms with Gasteiger partial charge in [0.2, 0.25) is 0 Å². The summed E-state index contributed by atoms with van der Waals surface area (Å²) in [6.45, 7) is 3.35. The highest BCUT2D eigenvalue weighted by Gasteiger charge is 2.20. The Bertz CT molecular complexity index is 415. The molecule has 1 heterocycles. The summed E-state index contributed by atoms with van der Waals surface area (Å²) in [6.07, 6.45) is 50.7. The molecule has 228 valence electrons. The van der Waals surface area contributed by atoms with Crippen LogP contribution in [-0.4, -0.2) is 12.7 Å². The van der Waals surface area contributed by atoms with E-state index in [2.05, 4.69) is 6.92 Å². The molecule has 0 aromatic carbocycles. The molecule has 0 radical (unpaired) electrons. The van der Waals surface area contributed by atoms with Gasteiger partial charge in [-0.1, -0.05) is 219 Å². The minimum Gasteiger partial charge on any atom is -0.373 e. The molecule has 0 aromatic rings. The van der Waals surface area contributed by atoms with Gasteiger partial charge in [-0.15, -0.1) is 0 Å². The Morgan fingerprint density at radius 3 is 0.684 bits per heavy atom. The van der Waals surface area contributed by atoms with Gasteiger partial charge in [-0.2, -0.15) is 0 Å². The maximum atomic E-state index is 5.28. The first-order valence-corrected chi connectivity index (χ1v) is 18.5. The molecule has 38 heavy (non-hydrogen) atoms. The summed E-state index contributed by atoms with van der Waals surface area (Å²) in [5.74, 6) is 0. The van der Waals surface area contributed by atoms with Crippen LogP contribution in [0.1, 0.15) is 225 Å². The average Bonchev–Trinajstić information content (AvgIpc) is 3.76. The van der Waals surface area contributed by atoms with Crippen molar-refractivity contribution in [3.05, 3.63) is 0 Å². The maximum Gasteiger partial charge on any atom is 0.0810 e. The van der Waals surface area contributed by atoms with Gasteiger partial charge in [-0.3, -0.25) is 0 Å². The van der Waals surface area contributed by atoms with Crippen molar-refractivity contribution in [3.63, 3.8) is 0 Å². The van der Waals surface area contributed by atoms with Crippen molar-refractivity contribution in [2.75, 3.05) is 6.61 Å². The number of epoxide rings is 1. The fourth-order valence-electron chi connectivity index (χ4n) is 6.16. The van der Waals surface area contributed by atoms with Crippen LogP contribution in [0.3, 0.4) is 0 Å². The van der Waals surface area contributed by atoms with Crippen LogP contribution in [0, 0.1) is 0 Å². The molecule has 0 saturated carbocycles. The molecule has 1 nitrogen and oxygen atoms in total. The molecule has 1 aliphatic heterocycles. The van der Waals surface area contributed by atoms with Crippen molar-refractivity contribution in [3.8, 4) is 0 Å². The lowest BCUT2D eigenvalue weighted by molar-refractivity contribution is 0.387. The van der Waals surface area contributed by atoms with Crippen molar-refractivity contribution in [2.24, 2.45) is 0 Å². The van der Waals surface area contributed by atoms with E-state index in [1.54, 1.807) is 0 Å². The summed E-state index contributed by atoms with van der Waals surface area (Å²) >= 11 is 0. The Balaban J connectivity index is 1.58. The number of rotatable bonds is 34. The molecule has 0 N–H and O–H groups in total. The maximum absolute atomic E-state index is 5.28. The van der Waals surface area contributed by atoms with E-state index in [0.29, 0.717) is 6.10 Å². The lowest BCUT2D eigenvalue weighted by Crippen LogP contribution is -1.86. The first-order chi connectivity index (χ1) is 18.9. The topological polar surface area (TPSA) is 12.5 Å². The first kappa shape index (κ1) is 36.0. The summed E-state index contributed by atoms with van der Waals surface area (Å²) in [5.41, 5.74) is 0. The Morgan fingerprint density at radius 1 is 0.316 bits per heavy atom. The van der Waals surface area contributed by atoms with Crippen LogP contribution in [0.15, 0.2) is 0 Å². The Morgan fingerprint density at radius 2 is 0.500 bits per heavy atom. The van der Waals surface area contributed by atoms with Gasteiger partial charge >= 0.3 is 0 Å². The van der Waals surface area contributed by atoms with Crippen molar-refractivity contribution < 1.29 is 4.74 Å². The first-order valence-electron chi connectivity index (χ1n) is 18.5. The molecule has 0 spiro atoms. The highest BCUT2D eigenvalue weighted by molar-refractivity contribution is 4.68. The molecule has 1 rings (SSSR count). The van der Waals surface area contributed by atoms with E-state index >= 15 is 0 Å². The second-order valence-electron chi connectivity index (χ2n) is 13.1. The van der Waals surface area contributed by atoms with E-state index < -0.39 is 0 Å². The lowest BCUT2D eigenvalue weighted by atomic mass is 10.0. The van der Waals surface area contributed by atoms with Crippen LogP contribution >= 0.6 is 0 Å². The predicted molar refractivity (Wildman–Crippen MR) is 172 cm³/mol. The number of unbranched alkanes of at least 4 members (excludes halogenated alkanes) is 32. The number of hydrogen-bond acceptors (Lipinski definition) is 1. The fourth-order valence-corrected chi connectivity index (χ4v) is 6.16. The summed E-state index contributed by atoms with van der Waals surface area (Å²) in [5, 5.41) is 0. The lowest BCUT2D eigenvalue weighted by Gasteiger charge is -2.05. The van der Waals surface area contributed by atoms with Crippen LogP contribution in [0.4, 0.5) is 0 Å². The molecular formula is C37H74O. The van der Waals surface area contributed by atoms with Gasteiger partial charge in [0, 0.05) is 0 Å². The van der Waals surface area contributed by atoms with Gasteiger partial charge < -0.3 is 4.74 Å². The van der Waals surface area contributed by atoms with Gasteiger partial charge in [0.05, 0.1) is 12.7 Å². The minimum atomic E-state index is 0.647. The average molecular weight is 535 g/mol. The molecule has 1 aliphatic rings. The van der Waals surface area contributed by atoms with Crippen molar-refractivity contribution in [1.82, 2.24) is 0 Å². The molecule has 1 unspecified atom stereocenters. The third-order valence-electron chi connectivity index (χ3n) is 9.03. The molecule has 1 saturated heterocycles. The fraction of sp³-hybridized carbons (Fsp3) is 1.00. The van der Waals surface area contributed by atoms with E-state index in [4.69, 9.17) is 4.74 Å². The number of ether oxygens (including phenoxy) is 1. The second kappa shape index (κ2) is 31.5. The van der Waals surface area contributed by atoms with Gasteiger partial charge in [0.25, 0.3) is 0 Å². The monoisotopic (exact) mass is 535 g/mol. The summed E-state index contributed by atoms with van der Waals surface area (Å²) < 4.78 is 5.28. The van der Waals surface area contributed by atoms with E-state index in [-0.39, 0.29) is 0 Å². The zero-order valence-electron chi connectivity index (χ0n) is 26.7.